The molecule has 0 spiro atoms. The second kappa shape index (κ2) is 8.64. The van der Waals surface area contributed by atoms with E-state index in [1.807, 2.05) is 43.3 Å². The van der Waals surface area contributed by atoms with Gasteiger partial charge in [-0.1, -0.05) is 54.6 Å². The van der Waals surface area contributed by atoms with Gasteiger partial charge in [-0.15, -0.1) is 0 Å². The van der Waals surface area contributed by atoms with Crippen molar-refractivity contribution in [3.8, 4) is 0 Å². The summed E-state index contributed by atoms with van der Waals surface area (Å²) in [6, 6.07) is 23.7. The van der Waals surface area contributed by atoms with E-state index in [2.05, 4.69) is 26.6 Å². The Bertz CT molecular complexity index is 957. The van der Waals surface area contributed by atoms with Gasteiger partial charge in [-0.3, -0.25) is 9.59 Å². The molecular formula is C22H19BrN2O2. The number of carbonyl (C=O) groups excluding carboxylic acids is 2. The summed E-state index contributed by atoms with van der Waals surface area (Å²) in [5, 5.41) is 5.81. The van der Waals surface area contributed by atoms with Crippen LogP contribution in [0.4, 0.5) is 5.69 Å². The molecule has 0 heterocycles. The van der Waals surface area contributed by atoms with Crippen LogP contribution in [0.2, 0.25) is 0 Å². The number of amides is 2. The molecule has 3 aromatic rings. The summed E-state index contributed by atoms with van der Waals surface area (Å²) < 4.78 is 0.696. The van der Waals surface area contributed by atoms with E-state index in [-0.39, 0.29) is 17.9 Å². The van der Waals surface area contributed by atoms with Crippen molar-refractivity contribution in [3.63, 3.8) is 0 Å². The zero-order valence-corrected chi connectivity index (χ0v) is 16.4. The van der Waals surface area contributed by atoms with Crippen LogP contribution < -0.4 is 10.6 Å². The molecule has 0 saturated carbocycles. The number of rotatable bonds is 5. The Morgan fingerprint density at radius 1 is 0.778 bits per heavy atom. The molecule has 0 radical (unpaired) electrons. The van der Waals surface area contributed by atoms with E-state index < -0.39 is 0 Å². The van der Waals surface area contributed by atoms with Crippen molar-refractivity contribution in [2.75, 3.05) is 5.32 Å². The molecule has 0 aromatic heterocycles. The maximum Gasteiger partial charge on any atom is 0.256 e. The minimum absolute atomic E-state index is 0.147. The van der Waals surface area contributed by atoms with Crippen LogP contribution in [0.25, 0.3) is 0 Å². The highest BCUT2D eigenvalue weighted by Crippen LogP contribution is 2.21. The van der Waals surface area contributed by atoms with Crippen LogP contribution in [-0.2, 0) is 0 Å². The maximum absolute atomic E-state index is 12.8. The SMILES string of the molecule is CC(NC(=O)c1ccccc1NC(=O)c1ccccc1Br)c1ccccc1. The van der Waals surface area contributed by atoms with Gasteiger partial charge in [0.25, 0.3) is 11.8 Å². The molecular weight excluding hydrogens is 404 g/mol. The van der Waals surface area contributed by atoms with Crippen molar-refractivity contribution in [3.05, 3.63) is 100 Å². The highest BCUT2D eigenvalue weighted by molar-refractivity contribution is 9.10. The van der Waals surface area contributed by atoms with Gasteiger partial charge in [0.15, 0.2) is 0 Å². The maximum atomic E-state index is 12.8. The van der Waals surface area contributed by atoms with Crippen LogP contribution in [0.3, 0.4) is 0 Å². The lowest BCUT2D eigenvalue weighted by Gasteiger charge is -2.16. The fraction of sp³-hybridized carbons (Fsp3) is 0.0909. The molecule has 3 rings (SSSR count). The molecule has 0 fully saturated rings. The first kappa shape index (κ1) is 18.9. The lowest BCUT2D eigenvalue weighted by atomic mass is 10.1. The van der Waals surface area contributed by atoms with E-state index in [1.54, 1.807) is 42.5 Å². The molecule has 1 atom stereocenters. The zero-order chi connectivity index (χ0) is 19.2. The van der Waals surface area contributed by atoms with Crippen LogP contribution in [0, 0.1) is 0 Å². The third-order valence-electron chi connectivity index (χ3n) is 4.19. The molecule has 5 heteroatoms. The number of anilines is 1. The fourth-order valence-electron chi connectivity index (χ4n) is 2.72. The minimum Gasteiger partial charge on any atom is -0.345 e. The van der Waals surface area contributed by atoms with Crippen LogP contribution in [0.1, 0.15) is 39.2 Å². The van der Waals surface area contributed by atoms with Crippen LogP contribution in [0.5, 0.6) is 0 Å². The van der Waals surface area contributed by atoms with E-state index in [9.17, 15) is 9.59 Å². The first-order chi connectivity index (χ1) is 13.1. The average molecular weight is 423 g/mol. The number of nitrogens with one attached hydrogen (secondary N) is 2. The zero-order valence-electron chi connectivity index (χ0n) is 14.8. The van der Waals surface area contributed by atoms with Crippen molar-refractivity contribution in [1.29, 1.82) is 0 Å². The van der Waals surface area contributed by atoms with E-state index in [4.69, 9.17) is 0 Å². The largest absolute Gasteiger partial charge is 0.345 e. The lowest BCUT2D eigenvalue weighted by Crippen LogP contribution is -2.28. The number of hydrogen-bond donors (Lipinski definition) is 2. The van der Waals surface area contributed by atoms with Crippen LogP contribution in [-0.4, -0.2) is 11.8 Å². The monoisotopic (exact) mass is 422 g/mol. The Balaban J connectivity index is 1.78. The van der Waals surface area contributed by atoms with Crippen LogP contribution in [0.15, 0.2) is 83.3 Å². The minimum atomic E-state index is -0.279. The Morgan fingerprint density at radius 3 is 2.07 bits per heavy atom. The van der Waals surface area contributed by atoms with Gasteiger partial charge in [-0.05, 0) is 52.7 Å². The predicted octanol–water partition coefficient (Wildman–Crippen LogP) is 5.19. The van der Waals surface area contributed by atoms with Crippen molar-refractivity contribution in [1.82, 2.24) is 5.32 Å². The Morgan fingerprint density at radius 2 is 1.37 bits per heavy atom. The summed E-state index contributed by atoms with van der Waals surface area (Å²) in [5.41, 5.74) is 2.41. The van der Waals surface area contributed by atoms with E-state index >= 15 is 0 Å². The van der Waals surface area contributed by atoms with Crippen molar-refractivity contribution >= 4 is 33.4 Å². The van der Waals surface area contributed by atoms with Gasteiger partial charge in [-0.2, -0.15) is 0 Å². The highest BCUT2D eigenvalue weighted by atomic mass is 79.9. The summed E-state index contributed by atoms with van der Waals surface area (Å²) in [4.78, 5) is 25.3. The summed E-state index contributed by atoms with van der Waals surface area (Å²) >= 11 is 3.38. The average Bonchev–Trinajstić information content (AvgIpc) is 2.69. The standard InChI is InChI=1S/C22H19BrN2O2/c1-15(16-9-3-2-4-10-16)24-22(27)18-12-6-8-14-20(18)25-21(26)17-11-5-7-13-19(17)23/h2-15H,1H3,(H,24,27)(H,25,26). The number of para-hydroxylation sites is 1. The number of halogens is 1. The second-order valence-electron chi connectivity index (χ2n) is 6.09. The first-order valence-corrected chi connectivity index (χ1v) is 9.36. The number of benzene rings is 3. The van der Waals surface area contributed by atoms with Gasteiger partial charge in [0.05, 0.1) is 22.9 Å². The Hall–Kier alpha value is -2.92. The molecule has 27 heavy (non-hydrogen) atoms. The molecule has 0 aliphatic carbocycles. The Labute approximate surface area is 166 Å². The molecule has 0 aliphatic rings. The molecule has 0 aliphatic heterocycles. The first-order valence-electron chi connectivity index (χ1n) is 8.57. The van der Waals surface area contributed by atoms with E-state index in [0.717, 1.165) is 5.56 Å². The van der Waals surface area contributed by atoms with Crippen molar-refractivity contribution in [2.24, 2.45) is 0 Å². The van der Waals surface area contributed by atoms with Gasteiger partial charge in [0.1, 0.15) is 0 Å². The Kier molecular flexibility index (Phi) is 6.04. The highest BCUT2D eigenvalue weighted by Gasteiger charge is 2.17. The number of hydrogen-bond acceptors (Lipinski definition) is 2. The quantitative estimate of drug-likeness (QED) is 0.593. The third kappa shape index (κ3) is 4.63. The van der Waals surface area contributed by atoms with Gasteiger partial charge in [-0.25, -0.2) is 0 Å². The molecule has 1 unspecified atom stereocenters. The smallest absolute Gasteiger partial charge is 0.256 e. The van der Waals surface area contributed by atoms with E-state index in [0.29, 0.717) is 21.3 Å². The molecule has 0 bridgehead atoms. The molecule has 0 saturated heterocycles. The third-order valence-corrected chi connectivity index (χ3v) is 4.88. The van der Waals surface area contributed by atoms with Crippen molar-refractivity contribution < 1.29 is 9.59 Å². The molecule has 2 amide bonds. The van der Waals surface area contributed by atoms with Gasteiger partial charge in [0.2, 0.25) is 0 Å². The van der Waals surface area contributed by atoms with Gasteiger partial charge >= 0.3 is 0 Å². The molecule has 3 aromatic carbocycles. The summed E-state index contributed by atoms with van der Waals surface area (Å²) in [6.07, 6.45) is 0. The topological polar surface area (TPSA) is 58.2 Å². The summed E-state index contributed by atoms with van der Waals surface area (Å²) in [5.74, 6) is -0.520. The fourth-order valence-corrected chi connectivity index (χ4v) is 3.19. The number of carbonyl (C=O) groups is 2. The predicted molar refractivity (Wildman–Crippen MR) is 111 cm³/mol. The lowest BCUT2D eigenvalue weighted by molar-refractivity contribution is 0.0941. The molecule has 4 nitrogen and oxygen atoms in total. The summed E-state index contributed by atoms with van der Waals surface area (Å²) in [6.45, 7) is 1.93. The second-order valence-corrected chi connectivity index (χ2v) is 6.94. The van der Waals surface area contributed by atoms with Gasteiger partial charge < -0.3 is 10.6 Å². The van der Waals surface area contributed by atoms with Gasteiger partial charge in [0, 0.05) is 4.47 Å². The normalized spacial score (nSPS) is 11.5. The summed E-state index contributed by atoms with van der Waals surface area (Å²) in [7, 11) is 0. The molecule has 136 valence electrons. The molecule has 2 N–H and O–H groups in total. The van der Waals surface area contributed by atoms with Crippen molar-refractivity contribution in [2.45, 2.75) is 13.0 Å². The van der Waals surface area contributed by atoms with Crippen LogP contribution >= 0.6 is 15.9 Å². The van der Waals surface area contributed by atoms with E-state index in [1.165, 1.54) is 0 Å².